The van der Waals surface area contributed by atoms with Crippen LogP contribution < -0.4 is 10.6 Å². The summed E-state index contributed by atoms with van der Waals surface area (Å²) in [6, 6.07) is 0.491. The SMILES string of the molecule is CCCNC(=O)C(C)NC1CCC(CCC)CC1. The van der Waals surface area contributed by atoms with Gasteiger partial charge in [0.1, 0.15) is 0 Å². The first-order valence-corrected chi connectivity index (χ1v) is 7.71. The lowest BCUT2D eigenvalue weighted by atomic mass is 9.83. The molecule has 1 saturated carbocycles. The Morgan fingerprint density at radius 1 is 1.17 bits per heavy atom. The van der Waals surface area contributed by atoms with Gasteiger partial charge in [0.05, 0.1) is 6.04 Å². The number of carbonyl (C=O) groups is 1. The van der Waals surface area contributed by atoms with Crippen LogP contribution in [0.2, 0.25) is 0 Å². The maximum absolute atomic E-state index is 11.8. The van der Waals surface area contributed by atoms with Crippen molar-refractivity contribution in [2.24, 2.45) is 5.92 Å². The van der Waals surface area contributed by atoms with E-state index in [2.05, 4.69) is 24.5 Å². The smallest absolute Gasteiger partial charge is 0.236 e. The number of rotatable bonds is 7. The highest BCUT2D eigenvalue weighted by Crippen LogP contribution is 2.27. The molecule has 0 spiro atoms. The van der Waals surface area contributed by atoms with Crippen LogP contribution in [0, 0.1) is 5.92 Å². The Bertz CT molecular complexity index is 235. The second kappa shape index (κ2) is 8.52. The predicted octanol–water partition coefficient (Wildman–Crippen LogP) is 2.85. The van der Waals surface area contributed by atoms with Gasteiger partial charge in [-0.3, -0.25) is 4.79 Å². The Balaban J connectivity index is 2.21. The van der Waals surface area contributed by atoms with Crippen molar-refractivity contribution >= 4 is 5.91 Å². The molecule has 3 heteroatoms. The average molecular weight is 254 g/mol. The Morgan fingerprint density at radius 3 is 2.39 bits per heavy atom. The minimum absolute atomic E-state index is 0.0516. The van der Waals surface area contributed by atoms with E-state index < -0.39 is 0 Å². The van der Waals surface area contributed by atoms with Crippen LogP contribution in [0.1, 0.15) is 65.7 Å². The maximum atomic E-state index is 11.8. The van der Waals surface area contributed by atoms with Crippen LogP contribution in [0.5, 0.6) is 0 Å². The third-order valence-corrected chi connectivity index (χ3v) is 3.97. The van der Waals surface area contributed by atoms with Crippen LogP contribution in [0.4, 0.5) is 0 Å². The maximum Gasteiger partial charge on any atom is 0.236 e. The molecule has 1 amide bonds. The lowest BCUT2D eigenvalue weighted by molar-refractivity contribution is -0.123. The molecular formula is C15H30N2O. The molecule has 0 radical (unpaired) electrons. The van der Waals surface area contributed by atoms with Gasteiger partial charge in [0.15, 0.2) is 0 Å². The van der Waals surface area contributed by atoms with Crippen LogP contribution in [-0.4, -0.2) is 24.5 Å². The summed E-state index contributed by atoms with van der Waals surface area (Å²) in [6.45, 7) is 7.11. The number of hydrogen-bond acceptors (Lipinski definition) is 2. The van der Waals surface area contributed by atoms with E-state index in [1.54, 1.807) is 0 Å². The van der Waals surface area contributed by atoms with Gasteiger partial charge in [0, 0.05) is 12.6 Å². The van der Waals surface area contributed by atoms with Gasteiger partial charge in [-0.15, -0.1) is 0 Å². The summed E-state index contributed by atoms with van der Waals surface area (Å²) in [4.78, 5) is 11.8. The Hall–Kier alpha value is -0.570. The molecule has 18 heavy (non-hydrogen) atoms. The summed E-state index contributed by atoms with van der Waals surface area (Å²) in [5.74, 6) is 1.07. The molecule has 1 aliphatic rings. The van der Waals surface area contributed by atoms with Crippen molar-refractivity contribution in [3.8, 4) is 0 Å². The highest BCUT2D eigenvalue weighted by molar-refractivity contribution is 5.81. The number of amides is 1. The molecule has 0 aliphatic heterocycles. The highest BCUT2D eigenvalue weighted by atomic mass is 16.2. The summed E-state index contributed by atoms with van der Waals surface area (Å²) in [7, 11) is 0. The van der Waals surface area contributed by atoms with Gasteiger partial charge < -0.3 is 10.6 Å². The van der Waals surface area contributed by atoms with Gasteiger partial charge in [-0.25, -0.2) is 0 Å². The Kier molecular flexibility index (Phi) is 7.33. The Morgan fingerprint density at radius 2 is 1.83 bits per heavy atom. The highest BCUT2D eigenvalue weighted by Gasteiger charge is 2.23. The van der Waals surface area contributed by atoms with Crippen LogP contribution in [0.15, 0.2) is 0 Å². The van der Waals surface area contributed by atoms with Crippen molar-refractivity contribution in [3.05, 3.63) is 0 Å². The largest absolute Gasteiger partial charge is 0.355 e. The molecule has 0 heterocycles. The minimum atomic E-state index is -0.0516. The normalized spacial score (nSPS) is 25.7. The second-order valence-electron chi connectivity index (χ2n) is 5.69. The van der Waals surface area contributed by atoms with E-state index in [0.29, 0.717) is 6.04 Å². The van der Waals surface area contributed by atoms with Gasteiger partial charge in [-0.1, -0.05) is 26.7 Å². The molecule has 0 aromatic carbocycles. The summed E-state index contributed by atoms with van der Waals surface area (Å²) in [6.07, 6.45) is 8.80. The topological polar surface area (TPSA) is 41.1 Å². The molecule has 0 bridgehead atoms. The van der Waals surface area contributed by atoms with Crippen LogP contribution in [0.3, 0.4) is 0 Å². The number of carbonyl (C=O) groups excluding carboxylic acids is 1. The first-order valence-electron chi connectivity index (χ1n) is 7.71. The third kappa shape index (κ3) is 5.38. The standard InChI is InChI=1S/C15H30N2O/c1-4-6-13-7-9-14(10-8-13)17-12(3)15(18)16-11-5-2/h12-14,17H,4-11H2,1-3H3,(H,16,18). The van der Waals surface area contributed by atoms with Crippen molar-refractivity contribution in [1.29, 1.82) is 0 Å². The zero-order valence-electron chi connectivity index (χ0n) is 12.3. The van der Waals surface area contributed by atoms with E-state index in [9.17, 15) is 4.79 Å². The number of nitrogens with one attached hydrogen (secondary N) is 2. The first-order chi connectivity index (χ1) is 8.67. The van der Waals surface area contributed by atoms with E-state index in [1.165, 1.54) is 38.5 Å². The van der Waals surface area contributed by atoms with Gasteiger partial charge in [-0.2, -0.15) is 0 Å². The molecule has 0 aromatic rings. The molecule has 3 nitrogen and oxygen atoms in total. The average Bonchev–Trinajstić information content (AvgIpc) is 2.38. The minimum Gasteiger partial charge on any atom is -0.355 e. The molecule has 1 unspecified atom stereocenters. The lowest BCUT2D eigenvalue weighted by Crippen LogP contribution is -2.47. The quantitative estimate of drug-likeness (QED) is 0.733. The fraction of sp³-hybridized carbons (Fsp3) is 0.933. The molecule has 1 aliphatic carbocycles. The summed E-state index contributed by atoms with van der Waals surface area (Å²) in [5.41, 5.74) is 0. The van der Waals surface area contributed by atoms with E-state index in [0.717, 1.165) is 18.9 Å². The molecule has 1 atom stereocenters. The monoisotopic (exact) mass is 254 g/mol. The fourth-order valence-corrected chi connectivity index (χ4v) is 2.86. The van der Waals surface area contributed by atoms with E-state index in [-0.39, 0.29) is 11.9 Å². The fourth-order valence-electron chi connectivity index (χ4n) is 2.86. The van der Waals surface area contributed by atoms with Crippen molar-refractivity contribution in [3.63, 3.8) is 0 Å². The molecule has 2 N–H and O–H groups in total. The van der Waals surface area contributed by atoms with Gasteiger partial charge in [0.2, 0.25) is 5.91 Å². The molecule has 1 rings (SSSR count). The second-order valence-corrected chi connectivity index (χ2v) is 5.69. The number of hydrogen-bond donors (Lipinski definition) is 2. The van der Waals surface area contributed by atoms with E-state index >= 15 is 0 Å². The molecular weight excluding hydrogens is 224 g/mol. The van der Waals surface area contributed by atoms with Gasteiger partial charge in [0.25, 0.3) is 0 Å². The molecule has 106 valence electrons. The van der Waals surface area contributed by atoms with Gasteiger partial charge >= 0.3 is 0 Å². The van der Waals surface area contributed by atoms with Crippen LogP contribution in [0.25, 0.3) is 0 Å². The van der Waals surface area contributed by atoms with Crippen LogP contribution in [-0.2, 0) is 4.79 Å². The van der Waals surface area contributed by atoms with E-state index in [4.69, 9.17) is 0 Å². The van der Waals surface area contributed by atoms with Crippen molar-refractivity contribution in [2.45, 2.75) is 77.8 Å². The van der Waals surface area contributed by atoms with E-state index in [1.807, 2.05) is 6.92 Å². The zero-order valence-corrected chi connectivity index (χ0v) is 12.3. The summed E-state index contributed by atoms with van der Waals surface area (Å²) < 4.78 is 0. The van der Waals surface area contributed by atoms with Crippen LogP contribution >= 0.6 is 0 Å². The van der Waals surface area contributed by atoms with Crippen molar-refractivity contribution in [1.82, 2.24) is 10.6 Å². The molecule has 0 aromatic heterocycles. The molecule has 0 saturated heterocycles. The third-order valence-electron chi connectivity index (χ3n) is 3.97. The Labute approximate surface area is 112 Å². The van der Waals surface area contributed by atoms with Gasteiger partial charge in [-0.05, 0) is 44.9 Å². The summed E-state index contributed by atoms with van der Waals surface area (Å²) >= 11 is 0. The van der Waals surface area contributed by atoms with Crippen molar-refractivity contribution in [2.75, 3.05) is 6.54 Å². The van der Waals surface area contributed by atoms with Crippen molar-refractivity contribution < 1.29 is 4.79 Å². The summed E-state index contributed by atoms with van der Waals surface area (Å²) in [5, 5.41) is 6.43. The lowest BCUT2D eigenvalue weighted by Gasteiger charge is -2.30. The zero-order chi connectivity index (χ0) is 13.4. The molecule has 1 fully saturated rings. The first kappa shape index (κ1) is 15.5. The predicted molar refractivity (Wildman–Crippen MR) is 76.6 cm³/mol.